The van der Waals surface area contributed by atoms with Gasteiger partial charge in [0.2, 0.25) is 5.95 Å². The van der Waals surface area contributed by atoms with E-state index in [9.17, 15) is 0 Å². The molecule has 0 unspecified atom stereocenters. The molecule has 0 aliphatic heterocycles. The van der Waals surface area contributed by atoms with Gasteiger partial charge in [-0.05, 0) is 68.6 Å². The van der Waals surface area contributed by atoms with Crippen LogP contribution in [0.1, 0.15) is 37.8 Å². The van der Waals surface area contributed by atoms with Crippen LogP contribution in [0.3, 0.4) is 0 Å². The molecule has 3 N–H and O–H groups in total. The number of aryl methyl sites for hydroxylation is 1. The summed E-state index contributed by atoms with van der Waals surface area (Å²) in [5.41, 5.74) is 6.66. The standard InChI is InChI=1S/C16H24N4/c1-9-2-15(20-16(17)19-9)18-8-14-12-4-10-3-11(6-12)7-13(14)5-10/h2,10-14H,3-8H2,1H3,(H3,17,18,19,20). The van der Waals surface area contributed by atoms with Crippen molar-refractivity contribution < 1.29 is 0 Å². The van der Waals surface area contributed by atoms with Gasteiger partial charge in [-0.2, -0.15) is 4.98 Å². The van der Waals surface area contributed by atoms with Crippen LogP contribution in [0.25, 0.3) is 0 Å². The third-order valence-electron chi connectivity index (χ3n) is 5.81. The highest BCUT2D eigenvalue weighted by molar-refractivity contribution is 5.40. The van der Waals surface area contributed by atoms with Gasteiger partial charge in [-0.25, -0.2) is 4.98 Å². The predicted molar refractivity (Wildman–Crippen MR) is 80.2 cm³/mol. The van der Waals surface area contributed by atoms with E-state index in [-0.39, 0.29) is 0 Å². The summed E-state index contributed by atoms with van der Waals surface area (Å²) in [5, 5.41) is 3.52. The zero-order chi connectivity index (χ0) is 13.7. The monoisotopic (exact) mass is 272 g/mol. The Kier molecular flexibility index (Phi) is 2.86. The Morgan fingerprint density at radius 1 is 1.10 bits per heavy atom. The number of hydrogen-bond donors (Lipinski definition) is 2. The topological polar surface area (TPSA) is 63.8 Å². The second kappa shape index (κ2) is 4.61. The number of nitrogens with zero attached hydrogens (tertiary/aromatic N) is 2. The number of aromatic nitrogens is 2. The van der Waals surface area contributed by atoms with E-state index in [1.165, 1.54) is 32.1 Å². The Balaban J connectivity index is 1.44. The van der Waals surface area contributed by atoms with Gasteiger partial charge in [0.25, 0.3) is 0 Å². The van der Waals surface area contributed by atoms with Gasteiger partial charge in [-0.15, -0.1) is 0 Å². The molecule has 4 heteroatoms. The fraction of sp³-hybridized carbons (Fsp3) is 0.750. The number of rotatable bonds is 3. The van der Waals surface area contributed by atoms with Crippen molar-refractivity contribution in [3.8, 4) is 0 Å². The summed E-state index contributed by atoms with van der Waals surface area (Å²) in [4.78, 5) is 8.42. The molecular weight excluding hydrogens is 248 g/mol. The van der Waals surface area contributed by atoms with Crippen molar-refractivity contribution in [2.24, 2.45) is 29.6 Å². The first-order valence-corrected chi connectivity index (χ1v) is 8.02. The minimum absolute atomic E-state index is 0.373. The highest BCUT2D eigenvalue weighted by atomic mass is 15.1. The van der Waals surface area contributed by atoms with Crippen molar-refractivity contribution in [3.63, 3.8) is 0 Å². The molecule has 4 saturated carbocycles. The molecule has 4 fully saturated rings. The molecule has 108 valence electrons. The van der Waals surface area contributed by atoms with Gasteiger partial charge in [-0.1, -0.05) is 0 Å². The van der Waals surface area contributed by atoms with Crippen LogP contribution in [0.15, 0.2) is 6.07 Å². The maximum Gasteiger partial charge on any atom is 0.222 e. The summed E-state index contributed by atoms with van der Waals surface area (Å²) in [6, 6.07) is 1.99. The van der Waals surface area contributed by atoms with E-state index in [0.29, 0.717) is 5.95 Å². The molecule has 0 radical (unpaired) electrons. The van der Waals surface area contributed by atoms with Gasteiger partial charge in [-0.3, -0.25) is 0 Å². The molecule has 5 rings (SSSR count). The zero-order valence-corrected chi connectivity index (χ0v) is 12.2. The number of nitrogens with one attached hydrogen (secondary N) is 1. The Morgan fingerprint density at radius 3 is 2.35 bits per heavy atom. The van der Waals surface area contributed by atoms with Crippen molar-refractivity contribution in [3.05, 3.63) is 11.8 Å². The highest BCUT2D eigenvalue weighted by Gasteiger charge is 2.47. The molecule has 0 atom stereocenters. The van der Waals surface area contributed by atoms with E-state index in [4.69, 9.17) is 5.73 Å². The van der Waals surface area contributed by atoms with Crippen LogP contribution >= 0.6 is 0 Å². The normalized spacial score (nSPS) is 38.1. The lowest BCUT2D eigenvalue weighted by Gasteiger charge is -2.54. The van der Waals surface area contributed by atoms with Crippen molar-refractivity contribution in [2.45, 2.75) is 39.0 Å². The molecule has 4 aliphatic rings. The zero-order valence-electron chi connectivity index (χ0n) is 12.2. The quantitative estimate of drug-likeness (QED) is 0.888. The first-order chi connectivity index (χ1) is 9.67. The molecule has 1 aromatic heterocycles. The van der Waals surface area contributed by atoms with Gasteiger partial charge in [0.05, 0.1) is 0 Å². The summed E-state index contributed by atoms with van der Waals surface area (Å²) >= 11 is 0. The first kappa shape index (κ1) is 12.4. The minimum atomic E-state index is 0.373. The molecule has 0 spiro atoms. The molecule has 0 saturated heterocycles. The lowest BCUT2D eigenvalue weighted by atomic mass is 9.52. The molecule has 0 amide bonds. The molecule has 1 heterocycles. The van der Waals surface area contributed by atoms with Crippen LogP contribution in [-0.2, 0) is 0 Å². The van der Waals surface area contributed by atoms with Gasteiger partial charge in [0.1, 0.15) is 5.82 Å². The first-order valence-electron chi connectivity index (χ1n) is 8.02. The van der Waals surface area contributed by atoms with Crippen LogP contribution in [-0.4, -0.2) is 16.5 Å². The third kappa shape index (κ3) is 2.15. The minimum Gasteiger partial charge on any atom is -0.370 e. The predicted octanol–water partition coefficient (Wildman–Crippen LogP) is 2.85. The third-order valence-corrected chi connectivity index (χ3v) is 5.81. The van der Waals surface area contributed by atoms with Gasteiger partial charge in [0, 0.05) is 18.3 Å². The Morgan fingerprint density at radius 2 is 1.75 bits per heavy atom. The van der Waals surface area contributed by atoms with Gasteiger partial charge < -0.3 is 11.1 Å². The maximum atomic E-state index is 5.72. The summed E-state index contributed by atoms with van der Waals surface area (Å²) < 4.78 is 0. The van der Waals surface area contributed by atoms with E-state index in [1.54, 1.807) is 0 Å². The Hall–Kier alpha value is -1.32. The van der Waals surface area contributed by atoms with Crippen LogP contribution < -0.4 is 11.1 Å². The van der Waals surface area contributed by atoms with E-state index in [1.807, 2.05) is 13.0 Å². The molecule has 20 heavy (non-hydrogen) atoms. The van der Waals surface area contributed by atoms with Gasteiger partial charge in [0.15, 0.2) is 0 Å². The summed E-state index contributed by atoms with van der Waals surface area (Å²) in [6.45, 7) is 3.02. The lowest BCUT2D eigenvalue weighted by molar-refractivity contribution is -0.0305. The van der Waals surface area contributed by atoms with E-state index in [0.717, 1.165) is 47.6 Å². The Bertz CT molecular complexity index is 465. The molecule has 4 nitrogen and oxygen atoms in total. The molecule has 1 aromatic rings. The summed E-state index contributed by atoms with van der Waals surface area (Å²) in [6.07, 6.45) is 7.43. The number of anilines is 2. The average molecular weight is 272 g/mol. The fourth-order valence-electron chi connectivity index (χ4n) is 5.28. The van der Waals surface area contributed by atoms with Crippen molar-refractivity contribution in [2.75, 3.05) is 17.6 Å². The van der Waals surface area contributed by atoms with Crippen molar-refractivity contribution in [1.29, 1.82) is 0 Å². The van der Waals surface area contributed by atoms with Crippen LogP contribution in [0, 0.1) is 36.5 Å². The molecule has 0 aromatic carbocycles. The van der Waals surface area contributed by atoms with Crippen LogP contribution in [0.5, 0.6) is 0 Å². The number of nitrogen functional groups attached to an aromatic ring is 1. The van der Waals surface area contributed by atoms with Crippen molar-refractivity contribution in [1.82, 2.24) is 9.97 Å². The second-order valence-corrected chi connectivity index (χ2v) is 7.23. The van der Waals surface area contributed by atoms with E-state index < -0.39 is 0 Å². The van der Waals surface area contributed by atoms with E-state index in [2.05, 4.69) is 15.3 Å². The molecule has 4 aliphatic carbocycles. The van der Waals surface area contributed by atoms with E-state index >= 15 is 0 Å². The molecule has 4 bridgehead atoms. The smallest absolute Gasteiger partial charge is 0.222 e. The van der Waals surface area contributed by atoms with Crippen molar-refractivity contribution >= 4 is 11.8 Å². The second-order valence-electron chi connectivity index (χ2n) is 7.23. The van der Waals surface area contributed by atoms with Gasteiger partial charge >= 0.3 is 0 Å². The largest absolute Gasteiger partial charge is 0.370 e. The van der Waals surface area contributed by atoms with Crippen LogP contribution in [0.2, 0.25) is 0 Å². The Labute approximate surface area is 120 Å². The number of nitrogens with two attached hydrogens (primary N) is 1. The highest BCUT2D eigenvalue weighted by Crippen LogP contribution is 2.56. The number of hydrogen-bond acceptors (Lipinski definition) is 4. The van der Waals surface area contributed by atoms with Crippen LogP contribution in [0.4, 0.5) is 11.8 Å². The lowest BCUT2D eigenvalue weighted by Crippen LogP contribution is -2.47. The maximum absolute atomic E-state index is 5.72. The molecular formula is C16H24N4. The summed E-state index contributed by atoms with van der Waals surface area (Å²) in [5.74, 6) is 6.12. The summed E-state index contributed by atoms with van der Waals surface area (Å²) in [7, 11) is 0. The fourth-order valence-corrected chi connectivity index (χ4v) is 5.28. The SMILES string of the molecule is Cc1cc(NCC2C3CC4CC(C3)CC2C4)nc(N)n1. The average Bonchev–Trinajstić information content (AvgIpc) is 2.35.